The number of hydrogen-bond acceptors (Lipinski definition) is 5. The van der Waals surface area contributed by atoms with E-state index in [1.54, 1.807) is 20.1 Å². The van der Waals surface area contributed by atoms with E-state index in [9.17, 15) is 13.2 Å². The molecule has 0 amide bonds. The van der Waals surface area contributed by atoms with Gasteiger partial charge in [-0.25, -0.2) is 9.97 Å². The Morgan fingerprint density at radius 1 is 0.852 bits per heavy atom. The van der Waals surface area contributed by atoms with E-state index in [4.69, 9.17) is 4.74 Å². The van der Waals surface area contributed by atoms with Crippen LogP contribution in [0.3, 0.4) is 0 Å². The monoisotopic (exact) mass is 374 g/mol. The van der Waals surface area contributed by atoms with Crippen LogP contribution in [0.15, 0.2) is 54.6 Å². The molecule has 5 nitrogen and oxygen atoms in total. The second-order valence-electron chi connectivity index (χ2n) is 5.74. The number of anilines is 4. The first-order chi connectivity index (χ1) is 12.8. The maximum Gasteiger partial charge on any atom is 0.416 e. The van der Waals surface area contributed by atoms with E-state index >= 15 is 0 Å². The lowest BCUT2D eigenvalue weighted by atomic mass is 10.2. The standard InChI is InChI=1S/C19H17F3N4O/c1-12-23-17(25-14-8-6-13(7-9-14)19(20,21)22)11-18(24-12)26-15-4-3-5-16(10-15)27-2/h3-11H,1-2H3,(H2,23,24,25,26). The Balaban J connectivity index is 1.78. The maximum atomic E-state index is 12.7. The van der Waals surface area contributed by atoms with Gasteiger partial charge in [0.25, 0.3) is 0 Å². The summed E-state index contributed by atoms with van der Waals surface area (Å²) < 4.78 is 43.2. The van der Waals surface area contributed by atoms with E-state index in [-0.39, 0.29) is 0 Å². The molecule has 0 fully saturated rings. The summed E-state index contributed by atoms with van der Waals surface area (Å²) in [6, 6.07) is 13.8. The van der Waals surface area contributed by atoms with Crippen LogP contribution in [0.25, 0.3) is 0 Å². The average Bonchev–Trinajstić information content (AvgIpc) is 2.61. The van der Waals surface area contributed by atoms with Crippen molar-refractivity contribution < 1.29 is 17.9 Å². The van der Waals surface area contributed by atoms with Crippen molar-refractivity contribution in [3.05, 3.63) is 66.0 Å². The smallest absolute Gasteiger partial charge is 0.416 e. The van der Waals surface area contributed by atoms with E-state index in [1.165, 1.54) is 12.1 Å². The highest BCUT2D eigenvalue weighted by molar-refractivity contribution is 5.64. The number of benzene rings is 2. The molecular formula is C19H17F3N4O. The lowest BCUT2D eigenvalue weighted by Gasteiger charge is -2.12. The summed E-state index contributed by atoms with van der Waals surface area (Å²) in [6.45, 7) is 1.73. The van der Waals surface area contributed by atoms with Gasteiger partial charge in [0.05, 0.1) is 12.7 Å². The van der Waals surface area contributed by atoms with Gasteiger partial charge in [-0.15, -0.1) is 0 Å². The first-order valence-corrected chi connectivity index (χ1v) is 8.04. The third-order valence-corrected chi connectivity index (χ3v) is 3.66. The quantitative estimate of drug-likeness (QED) is 0.635. The molecule has 0 aliphatic heterocycles. The molecule has 0 unspecified atom stereocenters. The van der Waals surface area contributed by atoms with Gasteiger partial charge in [-0.2, -0.15) is 13.2 Å². The van der Waals surface area contributed by atoms with Crippen molar-refractivity contribution in [2.75, 3.05) is 17.7 Å². The van der Waals surface area contributed by atoms with Crippen LogP contribution in [0, 0.1) is 6.92 Å². The number of aryl methyl sites for hydroxylation is 1. The van der Waals surface area contributed by atoms with Crippen LogP contribution in [0.1, 0.15) is 11.4 Å². The summed E-state index contributed by atoms with van der Waals surface area (Å²) in [5, 5.41) is 6.14. The highest BCUT2D eigenvalue weighted by Crippen LogP contribution is 2.30. The Hall–Kier alpha value is -3.29. The van der Waals surface area contributed by atoms with Gasteiger partial charge in [-0.1, -0.05) is 6.07 Å². The number of alkyl halides is 3. The van der Waals surface area contributed by atoms with Gasteiger partial charge >= 0.3 is 6.18 Å². The van der Waals surface area contributed by atoms with Gasteiger partial charge in [0.15, 0.2) is 0 Å². The molecule has 3 rings (SSSR count). The maximum absolute atomic E-state index is 12.7. The normalized spacial score (nSPS) is 11.1. The number of rotatable bonds is 5. The number of nitrogens with zero attached hydrogens (tertiary/aromatic N) is 2. The predicted octanol–water partition coefficient (Wildman–Crippen LogP) is 5.30. The molecule has 0 bridgehead atoms. The van der Waals surface area contributed by atoms with Crippen LogP contribution in [-0.4, -0.2) is 17.1 Å². The summed E-state index contributed by atoms with van der Waals surface area (Å²) in [4.78, 5) is 8.59. The van der Waals surface area contributed by atoms with Gasteiger partial charge < -0.3 is 15.4 Å². The van der Waals surface area contributed by atoms with Crippen LogP contribution in [-0.2, 0) is 6.18 Å². The molecule has 0 aliphatic rings. The Labute approximate surface area is 154 Å². The van der Waals surface area contributed by atoms with Crippen molar-refractivity contribution in [1.82, 2.24) is 9.97 Å². The zero-order valence-electron chi connectivity index (χ0n) is 14.6. The lowest BCUT2D eigenvalue weighted by Crippen LogP contribution is -2.05. The zero-order valence-corrected chi connectivity index (χ0v) is 14.6. The summed E-state index contributed by atoms with van der Waals surface area (Å²) in [5.41, 5.74) is 0.577. The van der Waals surface area contributed by atoms with E-state index < -0.39 is 11.7 Å². The van der Waals surface area contributed by atoms with Crippen LogP contribution in [0.5, 0.6) is 5.75 Å². The van der Waals surface area contributed by atoms with E-state index in [0.29, 0.717) is 28.9 Å². The third-order valence-electron chi connectivity index (χ3n) is 3.66. The second-order valence-corrected chi connectivity index (χ2v) is 5.74. The van der Waals surface area contributed by atoms with Gasteiger partial charge in [0, 0.05) is 23.5 Å². The van der Waals surface area contributed by atoms with Crippen molar-refractivity contribution in [2.24, 2.45) is 0 Å². The van der Waals surface area contributed by atoms with Crippen LogP contribution in [0.4, 0.5) is 36.2 Å². The highest BCUT2D eigenvalue weighted by atomic mass is 19.4. The Kier molecular flexibility index (Phi) is 5.16. The van der Waals surface area contributed by atoms with Gasteiger partial charge in [-0.3, -0.25) is 0 Å². The molecule has 3 aromatic rings. The largest absolute Gasteiger partial charge is 0.497 e. The fourth-order valence-corrected chi connectivity index (χ4v) is 2.43. The molecule has 2 N–H and O–H groups in total. The first kappa shape index (κ1) is 18.5. The summed E-state index contributed by atoms with van der Waals surface area (Å²) >= 11 is 0. The molecule has 0 saturated carbocycles. The molecule has 0 saturated heterocycles. The molecule has 8 heteroatoms. The molecule has 1 heterocycles. The number of hydrogen-bond donors (Lipinski definition) is 2. The first-order valence-electron chi connectivity index (χ1n) is 8.04. The summed E-state index contributed by atoms with van der Waals surface area (Å²) in [6.07, 6.45) is -4.36. The van der Waals surface area contributed by atoms with Crippen molar-refractivity contribution in [3.8, 4) is 5.75 Å². The topological polar surface area (TPSA) is 59.1 Å². The number of halogens is 3. The molecule has 0 atom stereocenters. The van der Waals surface area contributed by atoms with Crippen LogP contribution in [0.2, 0.25) is 0 Å². The van der Waals surface area contributed by atoms with Crippen molar-refractivity contribution >= 4 is 23.0 Å². The number of ether oxygens (including phenoxy) is 1. The van der Waals surface area contributed by atoms with Crippen molar-refractivity contribution in [2.45, 2.75) is 13.1 Å². The number of nitrogens with one attached hydrogen (secondary N) is 2. The van der Waals surface area contributed by atoms with Crippen LogP contribution < -0.4 is 15.4 Å². The molecule has 1 aromatic heterocycles. The second kappa shape index (κ2) is 7.53. The van der Waals surface area contributed by atoms with Crippen LogP contribution >= 0.6 is 0 Å². The molecule has 0 radical (unpaired) electrons. The minimum atomic E-state index is -4.36. The van der Waals surface area contributed by atoms with Crippen molar-refractivity contribution in [3.63, 3.8) is 0 Å². The minimum absolute atomic E-state index is 0.465. The van der Waals surface area contributed by atoms with E-state index in [0.717, 1.165) is 17.8 Å². The minimum Gasteiger partial charge on any atom is -0.497 e. The lowest BCUT2D eigenvalue weighted by molar-refractivity contribution is -0.137. The molecule has 2 aromatic carbocycles. The predicted molar refractivity (Wildman–Crippen MR) is 97.8 cm³/mol. The number of methoxy groups -OCH3 is 1. The zero-order chi connectivity index (χ0) is 19.4. The molecule has 140 valence electrons. The summed E-state index contributed by atoms with van der Waals surface area (Å²) in [5.74, 6) is 2.23. The molecule has 27 heavy (non-hydrogen) atoms. The van der Waals surface area contributed by atoms with Gasteiger partial charge in [-0.05, 0) is 43.3 Å². The Morgan fingerprint density at radius 2 is 1.48 bits per heavy atom. The SMILES string of the molecule is COc1cccc(Nc2cc(Nc3ccc(C(F)(F)F)cc3)nc(C)n2)c1. The van der Waals surface area contributed by atoms with E-state index in [1.807, 2.05) is 24.3 Å². The third kappa shape index (κ3) is 4.87. The average molecular weight is 374 g/mol. The fraction of sp³-hybridized carbons (Fsp3) is 0.158. The highest BCUT2D eigenvalue weighted by Gasteiger charge is 2.29. The van der Waals surface area contributed by atoms with Gasteiger partial charge in [0.1, 0.15) is 23.2 Å². The Bertz CT molecular complexity index is 927. The van der Waals surface area contributed by atoms with Crippen molar-refractivity contribution in [1.29, 1.82) is 0 Å². The fourth-order valence-electron chi connectivity index (χ4n) is 2.43. The molecule has 0 spiro atoms. The summed E-state index contributed by atoms with van der Waals surface area (Å²) in [7, 11) is 1.58. The number of aromatic nitrogens is 2. The molecular weight excluding hydrogens is 357 g/mol. The Morgan fingerprint density at radius 3 is 2.07 bits per heavy atom. The van der Waals surface area contributed by atoms with Gasteiger partial charge in [0.2, 0.25) is 0 Å². The van der Waals surface area contributed by atoms with E-state index in [2.05, 4.69) is 20.6 Å². The molecule has 0 aliphatic carbocycles.